The van der Waals surface area contributed by atoms with Crippen LogP contribution in [0.25, 0.3) is 0 Å². The van der Waals surface area contributed by atoms with Gasteiger partial charge in [-0.2, -0.15) is 0 Å². The van der Waals surface area contributed by atoms with Gasteiger partial charge >= 0.3 is 0 Å². The van der Waals surface area contributed by atoms with E-state index in [4.69, 9.17) is 11.6 Å². The molecule has 1 aromatic rings. The average Bonchev–Trinajstić information content (AvgIpc) is 2.74. The van der Waals surface area contributed by atoms with E-state index < -0.39 is 0 Å². The molecule has 0 atom stereocenters. The number of hydrogen-bond donors (Lipinski definition) is 2. The Balaban J connectivity index is 1.70. The molecule has 6 heteroatoms. The van der Waals surface area contributed by atoms with Crippen molar-refractivity contribution in [3.05, 3.63) is 21.3 Å². The third-order valence-electron chi connectivity index (χ3n) is 2.67. The van der Waals surface area contributed by atoms with E-state index in [0.717, 1.165) is 35.4 Å². The van der Waals surface area contributed by atoms with Gasteiger partial charge in [0.2, 0.25) is 5.91 Å². The highest BCUT2D eigenvalue weighted by Crippen LogP contribution is 2.20. The zero-order chi connectivity index (χ0) is 12.1. The quantitative estimate of drug-likeness (QED) is 0.858. The highest BCUT2D eigenvalue weighted by Gasteiger charge is 2.13. The molecule has 2 N–H and O–H groups in total. The molecule has 1 aliphatic rings. The summed E-state index contributed by atoms with van der Waals surface area (Å²) >= 11 is 7.32. The van der Waals surface area contributed by atoms with Gasteiger partial charge in [-0.25, -0.2) is 0 Å². The summed E-state index contributed by atoms with van der Waals surface area (Å²) in [4.78, 5) is 14.9. The minimum absolute atomic E-state index is 0.0800. The lowest BCUT2D eigenvalue weighted by Gasteiger charge is -2.26. The Morgan fingerprint density at radius 1 is 1.47 bits per heavy atom. The van der Waals surface area contributed by atoms with Crippen LogP contribution in [-0.2, 0) is 11.3 Å². The first-order valence-electron chi connectivity index (χ1n) is 5.68. The Kier molecular flexibility index (Phi) is 4.79. The largest absolute Gasteiger partial charge is 0.350 e. The molecule has 2 rings (SSSR count). The van der Waals surface area contributed by atoms with E-state index in [1.54, 1.807) is 0 Å². The van der Waals surface area contributed by atoms with Crippen LogP contribution >= 0.6 is 22.9 Å². The van der Waals surface area contributed by atoms with Gasteiger partial charge in [0, 0.05) is 31.1 Å². The van der Waals surface area contributed by atoms with E-state index in [1.165, 1.54) is 11.3 Å². The summed E-state index contributed by atoms with van der Waals surface area (Å²) in [6.45, 7) is 4.88. The van der Waals surface area contributed by atoms with Crippen molar-refractivity contribution in [2.75, 3.05) is 32.7 Å². The number of piperazine rings is 1. The van der Waals surface area contributed by atoms with Gasteiger partial charge in [-0.05, 0) is 12.1 Å². The van der Waals surface area contributed by atoms with E-state index in [-0.39, 0.29) is 5.91 Å². The topological polar surface area (TPSA) is 44.4 Å². The van der Waals surface area contributed by atoms with Crippen molar-refractivity contribution in [1.29, 1.82) is 0 Å². The number of thiophene rings is 1. The first-order valence-corrected chi connectivity index (χ1v) is 6.87. The molecule has 0 unspecified atom stereocenters. The van der Waals surface area contributed by atoms with Crippen LogP contribution in [-0.4, -0.2) is 43.5 Å². The number of rotatable bonds is 4. The Bertz CT molecular complexity index is 377. The van der Waals surface area contributed by atoms with Gasteiger partial charge in [-0.15, -0.1) is 11.3 Å². The molecule has 0 spiro atoms. The van der Waals surface area contributed by atoms with Crippen LogP contribution in [0, 0.1) is 0 Å². The molecule has 2 heterocycles. The minimum Gasteiger partial charge on any atom is -0.350 e. The van der Waals surface area contributed by atoms with Gasteiger partial charge < -0.3 is 10.6 Å². The fourth-order valence-corrected chi connectivity index (χ4v) is 2.79. The number of nitrogens with one attached hydrogen (secondary N) is 2. The number of nitrogens with zero attached hydrogens (tertiary/aromatic N) is 1. The van der Waals surface area contributed by atoms with Gasteiger partial charge in [0.05, 0.1) is 17.4 Å². The summed E-state index contributed by atoms with van der Waals surface area (Å²) in [6.07, 6.45) is 0. The van der Waals surface area contributed by atoms with Gasteiger partial charge in [0.1, 0.15) is 0 Å². The summed E-state index contributed by atoms with van der Waals surface area (Å²) in [6, 6.07) is 3.79. The third-order valence-corrected chi connectivity index (χ3v) is 3.90. The number of carbonyl (C=O) groups excluding carboxylic acids is 1. The zero-order valence-corrected chi connectivity index (χ0v) is 11.1. The monoisotopic (exact) mass is 273 g/mol. The molecule has 1 amide bonds. The second kappa shape index (κ2) is 6.35. The predicted molar refractivity (Wildman–Crippen MR) is 70.5 cm³/mol. The van der Waals surface area contributed by atoms with Crippen molar-refractivity contribution in [3.63, 3.8) is 0 Å². The van der Waals surface area contributed by atoms with Crippen LogP contribution in [0.1, 0.15) is 4.88 Å². The molecule has 0 aliphatic carbocycles. The van der Waals surface area contributed by atoms with E-state index in [2.05, 4.69) is 15.5 Å². The first-order chi connectivity index (χ1) is 8.24. The molecule has 17 heavy (non-hydrogen) atoms. The minimum atomic E-state index is 0.0800. The molecule has 94 valence electrons. The van der Waals surface area contributed by atoms with Crippen molar-refractivity contribution >= 4 is 28.8 Å². The Morgan fingerprint density at radius 3 is 2.88 bits per heavy atom. The first kappa shape index (κ1) is 12.8. The second-order valence-corrected chi connectivity index (χ2v) is 5.81. The molecule has 1 aliphatic heterocycles. The van der Waals surface area contributed by atoms with Gasteiger partial charge in [-0.3, -0.25) is 9.69 Å². The highest BCUT2D eigenvalue weighted by atomic mass is 35.5. The fraction of sp³-hybridized carbons (Fsp3) is 0.545. The van der Waals surface area contributed by atoms with E-state index >= 15 is 0 Å². The van der Waals surface area contributed by atoms with Crippen molar-refractivity contribution in [1.82, 2.24) is 15.5 Å². The molecule has 0 aromatic carbocycles. The number of amides is 1. The summed E-state index contributed by atoms with van der Waals surface area (Å²) in [5.74, 6) is 0.0800. The summed E-state index contributed by atoms with van der Waals surface area (Å²) in [5, 5.41) is 6.17. The number of carbonyl (C=O) groups is 1. The maximum absolute atomic E-state index is 11.7. The Hall–Kier alpha value is -0.620. The van der Waals surface area contributed by atoms with Crippen LogP contribution < -0.4 is 10.6 Å². The predicted octanol–water partition coefficient (Wildman–Crippen LogP) is 0.923. The molecule has 0 saturated carbocycles. The SMILES string of the molecule is O=C(CN1CCNCC1)NCc1ccc(Cl)s1. The molecule has 1 saturated heterocycles. The standard InChI is InChI=1S/C11H16ClN3OS/c12-10-2-1-9(17-10)7-14-11(16)8-15-5-3-13-4-6-15/h1-2,13H,3-8H2,(H,14,16). The smallest absolute Gasteiger partial charge is 0.234 e. The molecular weight excluding hydrogens is 258 g/mol. The fourth-order valence-electron chi connectivity index (χ4n) is 1.76. The van der Waals surface area contributed by atoms with Gasteiger partial charge in [0.15, 0.2) is 0 Å². The van der Waals surface area contributed by atoms with Gasteiger partial charge in [-0.1, -0.05) is 11.6 Å². The van der Waals surface area contributed by atoms with Crippen LogP contribution in [0.5, 0.6) is 0 Å². The van der Waals surface area contributed by atoms with Crippen molar-refractivity contribution < 1.29 is 4.79 Å². The van der Waals surface area contributed by atoms with Crippen LogP contribution in [0.15, 0.2) is 12.1 Å². The average molecular weight is 274 g/mol. The van der Waals surface area contributed by atoms with E-state index in [0.29, 0.717) is 13.1 Å². The molecular formula is C11H16ClN3OS. The lowest BCUT2D eigenvalue weighted by Crippen LogP contribution is -2.47. The van der Waals surface area contributed by atoms with Crippen LogP contribution in [0.3, 0.4) is 0 Å². The summed E-state index contributed by atoms with van der Waals surface area (Å²) < 4.78 is 0.761. The second-order valence-electron chi connectivity index (χ2n) is 4.01. The number of hydrogen-bond acceptors (Lipinski definition) is 4. The maximum Gasteiger partial charge on any atom is 0.234 e. The molecule has 1 fully saturated rings. The maximum atomic E-state index is 11.7. The van der Waals surface area contributed by atoms with Gasteiger partial charge in [0.25, 0.3) is 0 Å². The molecule has 0 radical (unpaired) electrons. The van der Waals surface area contributed by atoms with Crippen molar-refractivity contribution in [3.8, 4) is 0 Å². The Morgan fingerprint density at radius 2 is 2.24 bits per heavy atom. The number of halogens is 1. The van der Waals surface area contributed by atoms with E-state index in [9.17, 15) is 4.79 Å². The zero-order valence-electron chi connectivity index (χ0n) is 9.54. The summed E-state index contributed by atoms with van der Waals surface area (Å²) in [5.41, 5.74) is 0. The normalized spacial score (nSPS) is 17.0. The van der Waals surface area contributed by atoms with Crippen LogP contribution in [0.2, 0.25) is 4.34 Å². The van der Waals surface area contributed by atoms with E-state index in [1.807, 2.05) is 12.1 Å². The lowest BCUT2D eigenvalue weighted by atomic mass is 10.3. The third kappa shape index (κ3) is 4.27. The van der Waals surface area contributed by atoms with Crippen molar-refractivity contribution in [2.45, 2.75) is 6.54 Å². The molecule has 4 nitrogen and oxygen atoms in total. The Labute approximate surface area is 110 Å². The summed E-state index contributed by atoms with van der Waals surface area (Å²) in [7, 11) is 0. The molecule has 1 aromatic heterocycles. The lowest BCUT2D eigenvalue weighted by molar-refractivity contribution is -0.122. The van der Waals surface area contributed by atoms with Crippen LogP contribution in [0.4, 0.5) is 0 Å². The highest BCUT2D eigenvalue weighted by molar-refractivity contribution is 7.16. The molecule has 0 bridgehead atoms. The van der Waals surface area contributed by atoms with Crippen molar-refractivity contribution in [2.24, 2.45) is 0 Å².